The molecular formula is C21H23N7O. The van der Waals surface area contributed by atoms with Gasteiger partial charge in [-0.2, -0.15) is 10.1 Å². The molecule has 0 atom stereocenters. The molecule has 8 nitrogen and oxygen atoms in total. The Bertz CT molecular complexity index is 1170. The van der Waals surface area contributed by atoms with Crippen LogP contribution in [0.15, 0.2) is 48.7 Å². The molecule has 148 valence electrons. The Labute approximate surface area is 168 Å². The lowest BCUT2D eigenvalue weighted by Gasteiger charge is -2.14. The number of hydrogen-bond acceptors (Lipinski definition) is 5. The van der Waals surface area contributed by atoms with Crippen molar-refractivity contribution in [1.29, 1.82) is 0 Å². The largest absolute Gasteiger partial charge is 0.304 e. The minimum atomic E-state index is -0.399. The monoisotopic (exact) mass is 389 g/mol. The fourth-order valence-corrected chi connectivity index (χ4v) is 2.94. The fourth-order valence-electron chi connectivity index (χ4n) is 2.94. The molecular weight excluding hydrogens is 366 g/mol. The fraction of sp³-hybridized carbons (Fsp3) is 0.286. The summed E-state index contributed by atoms with van der Waals surface area (Å²) in [5, 5.41) is 11.9. The summed E-state index contributed by atoms with van der Waals surface area (Å²) in [4.78, 5) is 21.2. The van der Waals surface area contributed by atoms with E-state index in [-0.39, 0.29) is 11.2 Å². The lowest BCUT2D eigenvalue weighted by molar-refractivity contribution is 0.101. The number of hydrogen-bond donors (Lipinski definition) is 1. The predicted molar refractivity (Wildman–Crippen MR) is 110 cm³/mol. The summed E-state index contributed by atoms with van der Waals surface area (Å²) in [6.07, 6.45) is 1.64. The van der Waals surface area contributed by atoms with Crippen molar-refractivity contribution < 1.29 is 4.79 Å². The molecule has 3 heterocycles. The maximum atomic E-state index is 12.8. The van der Waals surface area contributed by atoms with Gasteiger partial charge in [0.25, 0.3) is 11.7 Å². The van der Waals surface area contributed by atoms with Gasteiger partial charge < -0.3 is 5.32 Å². The summed E-state index contributed by atoms with van der Waals surface area (Å²) in [6.45, 7) is 8.70. The number of fused-ring (bicyclic) bond motifs is 1. The zero-order valence-corrected chi connectivity index (χ0v) is 16.9. The molecule has 4 aromatic rings. The van der Waals surface area contributed by atoms with Crippen molar-refractivity contribution in [2.75, 3.05) is 5.32 Å². The van der Waals surface area contributed by atoms with E-state index in [1.165, 1.54) is 0 Å². The van der Waals surface area contributed by atoms with Gasteiger partial charge in [0.1, 0.15) is 5.82 Å². The molecule has 1 amide bonds. The van der Waals surface area contributed by atoms with Crippen molar-refractivity contribution in [2.24, 2.45) is 0 Å². The average Bonchev–Trinajstić information content (AvgIpc) is 3.28. The van der Waals surface area contributed by atoms with Gasteiger partial charge in [0, 0.05) is 23.4 Å². The molecule has 0 radical (unpaired) electrons. The van der Waals surface area contributed by atoms with Gasteiger partial charge in [0.05, 0.1) is 12.2 Å². The smallest absolute Gasteiger partial charge is 0.296 e. The Kier molecular flexibility index (Phi) is 4.62. The van der Waals surface area contributed by atoms with E-state index in [2.05, 4.69) is 41.2 Å². The van der Waals surface area contributed by atoms with E-state index in [0.717, 1.165) is 17.0 Å². The molecule has 0 unspecified atom stereocenters. The van der Waals surface area contributed by atoms with E-state index in [9.17, 15) is 4.79 Å². The zero-order chi connectivity index (χ0) is 20.6. The van der Waals surface area contributed by atoms with Gasteiger partial charge in [0.15, 0.2) is 0 Å². The maximum absolute atomic E-state index is 12.8. The second kappa shape index (κ2) is 7.12. The number of benzene rings is 1. The van der Waals surface area contributed by atoms with E-state index in [0.29, 0.717) is 18.1 Å². The molecule has 29 heavy (non-hydrogen) atoms. The Morgan fingerprint density at radius 3 is 2.55 bits per heavy atom. The first-order chi connectivity index (χ1) is 13.8. The van der Waals surface area contributed by atoms with E-state index in [4.69, 9.17) is 5.10 Å². The molecule has 8 heteroatoms. The Balaban J connectivity index is 1.66. The van der Waals surface area contributed by atoms with Gasteiger partial charge >= 0.3 is 0 Å². The van der Waals surface area contributed by atoms with Crippen LogP contribution in [0, 0.1) is 6.92 Å². The number of carbonyl (C=O) groups excluding carboxylic acids is 1. The minimum Gasteiger partial charge on any atom is -0.304 e. The third-order valence-electron chi connectivity index (χ3n) is 4.60. The number of anilines is 1. The Morgan fingerprint density at radius 1 is 1.10 bits per heavy atom. The molecule has 0 saturated heterocycles. The second-order valence-corrected chi connectivity index (χ2v) is 8.00. The number of aryl methyl sites for hydroxylation is 1. The van der Waals surface area contributed by atoms with Crippen molar-refractivity contribution in [1.82, 2.24) is 29.4 Å². The van der Waals surface area contributed by atoms with Crippen molar-refractivity contribution in [3.05, 3.63) is 71.4 Å². The predicted octanol–water partition coefficient (Wildman–Crippen LogP) is 3.23. The molecule has 4 rings (SSSR count). The molecule has 0 aliphatic carbocycles. The molecule has 0 saturated carbocycles. The zero-order valence-electron chi connectivity index (χ0n) is 16.9. The van der Waals surface area contributed by atoms with Crippen molar-refractivity contribution in [2.45, 2.75) is 39.7 Å². The number of nitrogens with zero attached hydrogens (tertiary/aromatic N) is 6. The van der Waals surface area contributed by atoms with E-state index in [1.807, 2.05) is 49.4 Å². The molecule has 0 spiro atoms. The number of aromatic nitrogens is 6. The van der Waals surface area contributed by atoms with E-state index in [1.54, 1.807) is 15.4 Å². The lowest BCUT2D eigenvalue weighted by Crippen LogP contribution is -2.17. The maximum Gasteiger partial charge on any atom is 0.296 e. The van der Waals surface area contributed by atoms with Crippen LogP contribution in [0.5, 0.6) is 0 Å². The first-order valence-corrected chi connectivity index (χ1v) is 9.43. The molecule has 0 fully saturated rings. The summed E-state index contributed by atoms with van der Waals surface area (Å²) >= 11 is 0. The quantitative estimate of drug-likeness (QED) is 0.579. The first-order valence-electron chi connectivity index (χ1n) is 9.43. The Hall–Kier alpha value is -3.55. The normalized spacial score (nSPS) is 11.7. The Morgan fingerprint density at radius 2 is 1.86 bits per heavy atom. The summed E-state index contributed by atoms with van der Waals surface area (Å²) in [7, 11) is 0. The van der Waals surface area contributed by atoms with Crippen LogP contribution in [0.25, 0.3) is 5.78 Å². The SMILES string of the molecule is Cc1ccnc2nc(C(=O)Nc3cc(C(C)(C)C)nn3Cc3ccccc3)nn12. The summed E-state index contributed by atoms with van der Waals surface area (Å²) in [5.41, 5.74) is 2.69. The van der Waals surface area contributed by atoms with Crippen LogP contribution in [0.1, 0.15) is 48.3 Å². The van der Waals surface area contributed by atoms with Crippen LogP contribution in [0.4, 0.5) is 5.82 Å². The van der Waals surface area contributed by atoms with Crippen LogP contribution in [-0.4, -0.2) is 35.3 Å². The third kappa shape index (κ3) is 3.87. The topological polar surface area (TPSA) is 90.0 Å². The van der Waals surface area contributed by atoms with E-state index < -0.39 is 5.91 Å². The van der Waals surface area contributed by atoms with Crippen LogP contribution >= 0.6 is 0 Å². The number of carbonyl (C=O) groups is 1. The van der Waals surface area contributed by atoms with Gasteiger partial charge in [0.2, 0.25) is 5.82 Å². The van der Waals surface area contributed by atoms with Gasteiger partial charge in [-0.05, 0) is 18.6 Å². The van der Waals surface area contributed by atoms with Gasteiger partial charge in [-0.3, -0.25) is 4.79 Å². The van der Waals surface area contributed by atoms with Crippen LogP contribution in [-0.2, 0) is 12.0 Å². The molecule has 0 aliphatic heterocycles. The highest BCUT2D eigenvalue weighted by Crippen LogP contribution is 2.25. The molecule has 1 N–H and O–H groups in total. The van der Waals surface area contributed by atoms with Gasteiger partial charge in [-0.25, -0.2) is 14.2 Å². The second-order valence-electron chi connectivity index (χ2n) is 8.00. The lowest BCUT2D eigenvalue weighted by atomic mass is 9.92. The summed E-state index contributed by atoms with van der Waals surface area (Å²) in [6, 6.07) is 13.7. The van der Waals surface area contributed by atoms with Gasteiger partial charge in [-0.1, -0.05) is 51.1 Å². The van der Waals surface area contributed by atoms with Crippen LogP contribution in [0.2, 0.25) is 0 Å². The molecule has 3 aromatic heterocycles. The molecule has 1 aromatic carbocycles. The number of rotatable bonds is 4. The first kappa shape index (κ1) is 18.8. The molecule has 0 aliphatic rings. The molecule has 0 bridgehead atoms. The summed E-state index contributed by atoms with van der Waals surface area (Å²) in [5.74, 6) is 0.664. The van der Waals surface area contributed by atoms with Crippen molar-refractivity contribution >= 4 is 17.5 Å². The summed E-state index contributed by atoms with van der Waals surface area (Å²) < 4.78 is 3.35. The average molecular weight is 389 g/mol. The standard InChI is InChI=1S/C21H23N7O/c1-14-10-11-22-20-24-18(26-28(14)20)19(29)23-17-12-16(21(2,3)4)25-27(17)13-15-8-6-5-7-9-15/h5-12H,13H2,1-4H3,(H,23,29). The highest BCUT2D eigenvalue weighted by atomic mass is 16.2. The van der Waals surface area contributed by atoms with Crippen molar-refractivity contribution in [3.8, 4) is 0 Å². The van der Waals surface area contributed by atoms with Crippen LogP contribution in [0.3, 0.4) is 0 Å². The van der Waals surface area contributed by atoms with Gasteiger partial charge in [-0.15, -0.1) is 5.10 Å². The third-order valence-corrected chi connectivity index (χ3v) is 4.60. The highest BCUT2D eigenvalue weighted by molar-refractivity contribution is 6.01. The number of amides is 1. The van der Waals surface area contributed by atoms with E-state index >= 15 is 0 Å². The van der Waals surface area contributed by atoms with Crippen LogP contribution < -0.4 is 5.32 Å². The number of nitrogens with one attached hydrogen (secondary N) is 1. The highest BCUT2D eigenvalue weighted by Gasteiger charge is 2.22. The minimum absolute atomic E-state index is 0.0663. The van der Waals surface area contributed by atoms with Crippen molar-refractivity contribution in [3.63, 3.8) is 0 Å².